The smallest absolute Gasteiger partial charge is 0.134 e. The second kappa shape index (κ2) is 5.83. The number of likely N-dealkylation sites (tertiary alicyclic amines) is 1. The summed E-state index contributed by atoms with van der Waals surface area (Å²) in [6.45, 7) is 4.86. The third kappa shape index (κ3) is 2.74. The molecule has 1 aromatic heterocycles. The van der Waals surface area contributed by atoms with E-state index >= 15 is 0 Å². The van der Waals surface area contributed by atoms with Crippen molar-refractivity contribution in [3.8, 4) is 0 Å². The number of aromatic nitrogens is 3. The summed E-state index contributed by atoms with van der Waals surface area (Å²) in [5.41, 5.74) is 0. The molecule has 3 rings (SSSR count). The molecule has 0 spiro atoms. The summed E-state index contributed by atoms with van der Waals surface area (Å²) in [4.78, 5) is 2.59. The lowest BCUT2D eigenvalue weighted by Gasteiger charge is -2.26. The Labute approximate surface area is 109 Å². The molecule has 18 heavy (non-hydrogen) atoms. The first-order valence-electron chi connectivity index (χ1n) is 7.57. The van der Waals surface area contributed by atoms with E-state index < -0.39 is 0 Å². The predicted molar refractivity (Wildman–Crippen MR) is 71.6 cm³/mol. The third-order valence-electron chi connectivity index (χ3n) is 4.29. The Hall–Kier alpha value is -0.900. The molecular weight excluding hydrogens is 224 g/mol. The van der Waals surface area contributed by atoms with Crippen LogP contribution in [0.15, 0.2) is 0 Å². The summed E-state index contributed by atoms with van der Waals surface area (Å²) in [7, 11) is 0. The van der Waals surface area contributed by atoms with Crippen LogP contribution in [0.5, 0.6) is 0 Å². The molecule has 2 aliphatic rings. The van der Waals surface area contributed by atoms with Crippen LogP contribution in [0.3, 0.4) is 0 Å². The lowest BCUT2D eigenvalue weighted by Crippen LogP contribution is -2.32. The quantitative estimate of drug-likeness (QED) is 0.821. The Kier molecular flexibility index (Phi) is 3.93. The van der Waals surface area contributed by atoms with Crippen LogP contribution in [-0.4, -0.2) is 39.3 Å². The van der Waals surface area contributed by atoms with Gasteiger partial charge in [-0.05, 0) is 38.8 Å². The largest absolute Gasteiger partial charge is 0.315 e. The average Bonchev–Trinajstić information content (AvgIpc) is 2.65. The minimum absolute atomic E-state index is 1.08. The maximum absolute atomic E-state index is 4.41. The normalized spacial score (nSPS) is 21.6. The van der Waals surface area contributed by atoms with Crippen molar-refractivity contribution in [3.63, 3.8) is 0 Å². The molecule has 0 amide bonds. The topological polar surface area (TPSA) is 34.0 Å². The summed E-state index contributed by atoms with van der Waals surface area (Å²) < 4.78 is 2.39. The van der Waals surface area contributed by atoms with E-state index in [1.54, 1.807) is 0 Å². The van der Waals surface area contributed by atoms with Gasteiger partial charge in [0, 0.05) is 25.9 Å². The van der Waals surface area contributed by atoms with E-state index in [0.29, 0.717) is 0 Å². The van der Waals surface area contributed by atoms with Gasteiger partial charge in [-0.25, -0.2) is 0 Å². The van der Waals surface area contributed by atoms with Crippen molar-refractivity contribution < 1.29 is 0 Å². The zero-order chi connectivity index (χ0) is 12.2. The van der Waals surface area contributed by atoms with Gasteiger partial charge in [-0.1, -0.05) is 12.8 Å². The van der Waals surface area contributed by atoms with E-state index in [1.807, 2.05) is 0 Å². The summed E-state index contributed by atoms with van der Waals surface area (Å²) in [6.07, 6.45) is 10.3. The molecule has 0 radical (unpaired) electrons. The summed E-state index contributed by atoms with van der Waals surface area (Å²) in [6, 6.07) is 0. The van der Waals surface area contributed by atoms with Gasteiger partial charge in [-0.3, -0.25) is 0 Å². The van der Waals surface area contributed by atoms with Crippen molar-refractivity contribution in [1.29, 1.82) is 0 Å². The number of aryl methyl sites for hydroxylation is 1. The monoisotopic (exact) mass is 248 g/mol. The van der Waals surface area contributed by atoms with Crippen LogP contribution in [0.2, 0.25) is 0 Å². The fourth-order valence-electron chi connectivity index (χ4n) is 3.17. The highest BCUT2D eigenvalue weighted by atomic mass is 15.3. The summed E-state index contributed by atoms with van der Waals surface area (Å²) in [5.74, 6) is 2.44. The van der Waals surface area contributed by atoms with E-state index in [4.69, 9.17) is 0 Å². The zero-order valence-electron chi connectivity index (χ0n) is 11.3. The maximum atomic E-state index is 4.41. The molecule has 1 saturated heterocycles. The Morgan fingerprint density at radius 3 is 2.50 bits per heavy atom. The van der Waals surface area contributed by atoms with Gasteiger partial charge in [0.1, 0.15) is 11.6 Å². The lowest BCUT2D eigenvalue weighted by atomic mass is 10.1. The van der Waals surface area contributed by atoms with Crippen molar-refractivity contribution in [2.45, 2.75) is 57.9 Å². The molecule has 1 aromatic rings. The first-order valence-corrected chi connectivity index (χ1v) is 7.57. The van der Waals surface area contributed by atoms with E-state index in [1.165, 1.54) is 63.3 Å². The fourth-order valence-corrected chi connectivity index (χ4v) is 3.17. The Bertz CT molecular complexity index is 379. The SMILES string of the molecule is C1CCN(CCc2nnc3n2CCCCC3)CC1. The van der Waals surface area contributed by atoms with Gasteiger partial charge in [-0.15, -0.1) is 10.2 Å². The van der Waals surface area contributed by atoms with Gasteiger partial charge in [0.15, 0.2) is 0 Å². The van der Waals surface area contributed by atoms with Gasteiger partial charge in [0.2, 0.25) is 0 Å². The van der Waals surface area contributed by atoms with E-state index in [0.717, 1.165) is 25.9 Å². The number of nitrogens with zero attached hydrogens (tertiary/aromatic N) is 4. The van der Waals surface area contributed by atoms with Crippen LogP contribution in [0.4, 0.5) is 0 Å². The molecule has 0 saturated carbocycles. The third-order valence-corrected chi connectivity index (χ3v) is 4.29. The Morgan fingerprint density at radius 2 is 1.61 bits per heavy atom. The van der Waals surface area contributed by atoms with Crippen molar-refractivity contribution >= 4 is 0 Å². The van der Waals surface area contributed by atoms with E-state index in [2.05, 4.69) is 19.7 Å². The molecule has 100 valence electrons. The molecular formula is C14H24N4. The minimum atomic E-state index is 1.08. The van der Waals surface area contributed by atoms with Crippen molar-refractivity contribution in [1.82, 2.24) is 19.7 Å². The molecule has 0 unspecified atom stereocenters. The van der Waals surface area contributed by atoms with Crippen LogP contribution in [0.25, 0.3) is 0 Å². The van der Waals surface area contributed by atoms with Crippen molar-refractivity contribution in [2.24, 2.45) is 0 Å². The lowest BCUT2D eigenvalue weighted by molar-refractivity contribution is 0.229. The van der Waals surface area contributed by atoms with Crippen LogP contribution in [0.1, 0.15) is 50.2 Å². The highest BCUT2D eigenvalue weighted by Gasteiger charge is 2.16. The van der Waals surface area contributed by atoms with Crippen molar-refractivity contribution in [2.75, 3.05) is 19.6 Å². The maximum Gasteiger partial charge on any atom is 0.134 e. The number of piperidine rings is 1. The Balaban J connectivity index is 1.60. The molecule has 0 bridgehead atoms. The number of rotatable bonds is 3. The Morgan fingerprint density at radius 1 is 0.833 bits per heavy atom. The minimum Gasteiger partial charge on any atom is -0.315 e. The number of hydrogen-bond donors (Lipinski definition) is 0. The molecule has 3 heterocycles. The molecule has 0 aliphatic carbocycles. The molecule has 0 atom stereocenters. The van der Waals surface area contributed by atoms with Gasteiger partial charge in [0.25, 0.3) is 0 Å². The van der Waals surface area contributed by atoms with Gasteiger partial charge >= 0.3 is 0 Å². The summed E-state index contributed by atoms with van der Waals surface area (Å²) in [5, 5.41) is 8.79. The molecule has 0 N–H and O–H groups in total. The van der Waals surface area contributed by atoms with Crippen LogP contribution < -0.4 is 0 Å². The molecule has 2 aliphatic heterocycles. The molecule has 1 fully saturated rings. The first kappa shape index (κ1) is 12.2. The fraction of sp³-hybridized carbons (Fsp3) is 0.857. The predicted octanol–water partition coefficient (Wildman–Crippen LogP) is 2.03. The second-order valence-electron chi connectivity index (χ2n) is 5.65. The highest BCUT2D eigenvalue weighted by Crippen LogP contribution is 2.15. The number of hydrogen-bond acceptors (Lipinski definition) is 3. The van der Waals surface area contributed by atoms with Crippen LogP contribution in [-0.2, 0) is 19.4 Å². The highest BCUT2D eigenvalue weighted by molar-refractivity contribution is 4.98. The van der Waals surface area contributed by atoms with E-state index in [9.17, 15) is 0 Å². The molecule has 0 aromatic carbocycles. The van der Waals surface area contributed by atoms with Gasteiger partial charge in [0.05, 0.1) is 0 Å². The van der Waals surface area contributed by atoms with E-state index in [-0.39, 0.29) is 0 Å². The molecule has 4 heteroatoms. The zero-order valence-corrected chi connectivity index (χ0v) is 11.3. The van der Waals surface area contributed by atoms with Crippen LogP contribution in [0, 0.1) is 0 Å². The van der Waals surface area contributed by atoms with Gasteiger partial charge in [-0.2, -0.15) is 0 Å². The number of fused-ring (bicyclic) bond motifs is 1. The first-order chi connectivity index (χ1) is 8.93. The van der Waals surface area contributed by atoms with Gasteiger partial charge < -0.3 is 9.47 Å². The standard InChI is InChI=1S/C14H24N4/c1-3-7-13-15-16-14(18(13)11-6-1)8-12-17-9-4-2-5-10-17/h1-12H2. The second-order valence-corrected chi connectivity index (χ2v) is 5.65. The van der Waals surface area contributed by atoms with Crippen LogP contribution >= 0.6 is 0 Å². The molecule has 4 nitrogen and oxygen atoms in total. The average molecular weight is 248 g/mol. The van der Waals surface area contributed by atoms with Crippen molar-refractivity contribution in [3.05, 3.63) is 11.6 Å². The summed E-state index contributed by atoms with van der Waals surface area (Å²) >= 11 is 0.